The van der Waals surface area contributed by atoms with Crippen molar-refractivity contribution in [3.05, 3.63) is 42.2 Å². The van der Waals surface area contributed by atoms with Gasteiger partial charge in [-0.2, -0.15) is 4.98 Å². The highest BCUT2D eigenvalue weighted by Gasteiger charge is 2.39. The van der Waals surface area contributed by atoms with Gasteiger partial charge in [0.2, 0.25) is 17.8 Å². The Balaban J connectivity index is 0.949. The highest BCUT2D eigenvalue weighted by Crippen LogP contribution is 2.37. The second-order valence-corrected chi connectivity index (χ2v) is 17.7. The summed E-state index contributed by atoms with van der Waals surface area (Å²) in [6.07, 6.45) is 15.5. The minimum atomic E-state index is -0.686. The number of aromatic nitrogens is 3. The summed E-state index contributed by atoms with van der Waals surface area (Å²) in [4.78, 5) is 54.0. The Morgan fingerprint density at radius 2 is 1.65 bits per heavy atom. The number of aldehydes is 1. The van der Waals surface area contributed by atoms with E-state index in [2.05, 4.69) is 69.3 Å². The average Bonchev–Trinajstić information content (AvgIpc) is 3.86. The molecule has 4 heterocycles. The molecule has 2 saturated heterocycles. The normalized spacial score (nSPS) is 19.3. The zero-order valence-electron chi connectivity index (χ0n) is 35.3. The fourth-order valence-electron chi connectivity index (χ4n) is 8.73. The first kappa shape index (κ1) is 42.7. The van der Waals surface area contributed by atoms with Gasteiger partial charge >= 0.3 is 0 Å². The zero-order chi connectivity index (χ0) is 40.4. The largest absolute Gasteiger partial charge is 0.380 e. The molecule has 312 valence electrons. The van der Waals surface area contributed by atoms with Crippen LogP contribution >= 0.6 is 0 Å². The SMILES string of the molecule is CCC(CC)CNc1ncc2c(-c3ccc(CN4CCN(CCOCCC(=O)NC(C(=O)N5CCCC5C=O)C(C)(C)C)CC4)cc3)cn(C3CCCCC3)c2n1. The Bertz CT molecular complexity index is 1750. The lowest BCUT2D eigenvalue weighted by Gasteiger charge is -2.35. The topological polar surface area (TPSA) is 125 Å². The van der Waals surface area contributed by atoms with Gasteiger partial charge in [-0.1, -0.05) is 91.0 Å². The van der Waals surface area contributed by atoms with Crippen LogP contribution in [0.15, 0.2) is 36.7 Å². The van der Waals surface area contributed by atoms with E-state index < -0.39 is 17.5 Å². The first-order chi connectivity index (χ1) is 27.6. The number of nitrogens with one attached hydrogen (secondary N) is 2. The minimum Gasteiger partial charge on any atom is -0.380 e. The van der Waals surface area contributed by atoms with Gasteiger partial charge in [-0.05, 0) is 48.1 Å². The van der Waals surface area contributed by atoms with E-state index >= 15 is 0 Å². The number of fused-ring (bicyclic) bond motifs is 1. The molecule has 6 rings (SSSR count). The van der Waals surface area contributed by atoms with Crippen LogP contribution in [0.25, 0.3) is 22.2 Å². The number of hydrogen-bond acceptors (Lipinski definition) is 9. The third-order valence-corrected chi connectivity index (χ3v) is 12.6. The van der Waals surface area contributed by atoms with Crippen LogP contribution in [0.4, 0.5) is 5.95 Å². The summed E-state index contributed by atoms with van der Waals surface area (Å²) in [5, 5.41) is 7.59. The molecule has 3 fully saturated rings. The maximum Gasteiger partial charge on any atom is 0.246 e. The maximum atomic E-state index is 13.3. The third-order valence-electron chi connectivity index (χ3n) is 12.6. The molecule has 2 aromatic heterocycles. The monoisotopic (exact) mass is 785 g/mol. The molecule has 2 amide bonds. The van der Waals surface area contributed by atoms with E-state index in [-0.39, 0.29) is 18.2 Å². The van der Waals surface area contributed by atoms with E-state index in [4.69, 9.17) is 14.7 Å². The second-order valence-electron chi connectivity index (χ2n) is 17.7. The Kier molecular flexibility index (Phi) is 15.1. The number of amides is 2. The van der Waals surface area contributed by atoms with Gasteiger partial charge in [0, 0.05) is 88.2 Å². The van der Waals surface area contributed by atoms with Crippen molar-refractivity contribution in [2.45, 2.75) is 123 Å². The standard InChI is InChI=1S/C45H68N8O4/c1-6-33(7-2)28-46-44-47-29-38-39(31-53(42(38)49-44)36-12-9-8-10-13-36)35-17-15-34(16-18-35)30-51-23-21-50(22-24-51)25-27-57-26-19-40(55)48-41(45(3,4)5)43(56)52-20-11-14-37(52)32-54/h15-18,29,31-33,36-37,41H,6-14,19-28,30H2,1-5H3,(H,48,55)(H,46,47,49). The van der Waals surface area contributed by atoms with Crippen LogP contribution in [-0.4, -0.2) is 118 Å². The van der Waals surface area contributed by atoms with Gasteiger partial charge in [0.15, 0.2) is 0 Å². The first-order valence-electron chi connectivity index (χ1n) is 21.9. The smallest absolute Gasteiger partial charge is 0.246 e. The Labute approximate surface area is 340 Å². The molecule has 0 bridgehead atoms. The molecule has 2 unspecified atom stereocenters. The molecule has 12 nitrogen and oxygen atoms in total. The van der Waals surface area contributed by atoms with E-state index in [0.717, 1.165) is 88.3 Å². The van der Waals surface area contributed by atoms with Crippen LogP contribution in [0.5, 0.6) is 0 Å². The summed E-state index contributed by atoms with van der Waals surface area (Å²) in [7, 11) is 0. The molecular formula is C45H68N8O4. The summed E-state index contributed by atoms with van der Waals surface area (Å²) < 4.78 is 8.31. The number of rotatable bonds is 18. The molecular weight excluding hydrogens is 717 g/mol. The van der Waals surface area contributed by atoms with E-state index in [0.29, 0.717) is 38.1 Å². The molecule has 3 aliphatic rings. The molecule has 12 heteroatoms. The maximum absolute atomic E-state index is 13.3. The van der Waals surface area contributed by atoms with Crippen LogP contribution in [0.3, 0.4) is 0 Å². The molecule has 0 radical (unpaired) electrons. The van der Waals surface area contributed by atoms with Crippen molar-refractivity contribution in [2.75, 3.05) is 64.3 Å². The minimum absolute atomic E-state index is 0.179. The number of nitrogens with zero attached hydrogens (tertiary/aromatic N) is 6. The van der Waals surface area contributed by atoms with Crippen molar-refractivity contribution < 1.29 is 19.1 Å². The van der Waals surface area contributed by atoms with Gasteiger partial charge in [0.1, 0.15) is 18.0 Å². The van der Waals surface area contributed by atoms with Crippen molar-refractivity contribution >= 4 is 35.1 Å². The van der Waals surface area contributed by atoms with Gasteiger partial charge in [0.25, 0.3) is 0 Å². The van der Waals surface area contributed by atoms with Gasteiger partial charge in [-0.3, -0.25) is 19.4 Å². The number of carbonyl (C=O) groups is 3. The fraction of sp³-hybridized carbons (Fsp3) is 0.667. The average molecular weight is 785 g/mol. The van der Waals surface area contributed by atoms with Crippen LogP contribution in [0, 0.1) is 11.3 Å². The number of likely N-dealkylation sites (tertiary alicyclic amines) is 1. The van der Waals surface area contributed by atoms with Crippen molar-refractivity contribution in [1.82, 2.24) is 34.6 Å². The highest BCUT2D eigenvalue weighted by molar-refractivity contribution is 5.94. The Morgan fingerprint density at radius 3 is 2.33 bits per heavy atom. The van der Waals surface area contributed by atoms with Crippen molar-refractivity contribution in [1.29, 1.82) is 0 Å². The van der Waals surface area contributed by atoms with Crippen molar-refractivity contribution in [2.24, 2.45) is 11.3 Å². The number of piperazine rings is 1. The van der Waals surface area contributed by atoms with E-state index in [9.17, 15) is 14.4 Å². The predicted octanol–water partition coefficient (Wildman–Crippen LogP) is 6.70. The molecule has 1 aromatic carbocycles. The Hall–Kier alpha value is -3.87. The molecule has 2 atom stereocenters. The van der Waals surface area contributed by atoms with Crippen molar-refractivity contribution in [3.8, 4) is 11.1 Å². The van der Waals surface area contributed by atoms with E-state index in [1.165, 1.54) is 48.8 Å². The highest BCUT2D eigenvalue weighted by atomic mass is 16.5. The number of anilines is 1. The Morgan fingerprint density at radius 1 is 0.930 bits per heavy atom. The lowest BCUT2D eigenvalue weighted by atomic mass is 9.85. The third kappa shape index (κ3) is 11.2. The van der Waals surface area contributed by atoms with E-state index in [1.54, 1.807) is 4.90 Å². The van der Waals surface area contributed by atoms with Crippen LogP contribution < -0.4 is 10.6 Å². The van der Waals surface area contributed by atoms with Gasteiger partial charge in [-0.25, -0.2) is 4.98 Å². The van der Waals surface area contributed by atoms with Crippen LogP contribution in [0.1, 0.15) is 110 Å². The van der Waals surface area contributed by atoms with Gasteiger partial charge in [-0.15, -0.1) is 0 Å². The van der Waals surface area contributed by atoms with Crippen molar-refractivity contribution in [3.63, 3.8) is 0 Å². The summed E-state index contributed by atoms with van der Waals surface area (Å²) in [6, 6.07) is 8.47. The van der Waals surface area contributed by atoms with Crippen LogP contribution in [0.2, 0.25) is 0 Å². The molecule has 1 aliphatic carbocycles. The molecule has 57 heavy (non-hydrogen) atoms. The fourth-order valence-corrected chi connectivity index (χ4v) is 8.73. The molecule has 2 N–H and O–H groups in total. The van der Waals surface area contributed by atoms with Crippen LogP contribution in [-0.2, 0) is 25.7 Å². The summed E-state index contributed by atoms with van der Waals surface area (Å²) in [6.45, 7) is 18.3. The molecule has 3 aromatic rings. The van der Waals surface area contributed by atoms with Gasteiger partial charge < -0.3 is 29.6 Å². The quantitative estimate of drug-likeness (QED) is 0.107. The summed E-state index contributed by atoms with van der Waals surface area (Å²) in [5.41, 5.74) is 4.30. The lowest BCUT2D eigenvalue weighted by molar-refractivity contribution is -0.141. The number of ether oxygens (including phenoxy) is 1. The molecule has 2 aliphatic heterocycles. The summed E-state index contributed by atoms with van der Waals surface area (Å²) in [5.74, 6) is 0.968. The zero-order valence-corrected chi connectivity index (χ0v) is 35.3. The molecule has 0 spiro atoms. The molecule has 1 saturated carbocycles. The van der Waals surface area contributed by atoms with E-state index in [1.807, 2.05) is 27.0 Å². The predicted molar refractivity (Wildman–Crippen MR) is 227 cm³/mol. The number of hydrogen-bond donors (Lipinski definition) is 2. The second kappa shape index (κ2) is 20.2. The summed E-state index contributed by atoms with van der Waals surface area (Å²) >= 11 is 0. The van der Waals surface area contributed by atoms with Gasteiger partial charge in [0.05, 0.1) is 19.3 Å². The lowest BCUT2D eigenvalue weighted by Crippen LogP contribution is -2.56. The first-order valence-corrected chi connectivity index (χ1v) is 21.9. The number of benzene rings is 1. The number of carbonyl (C=O) groups excluding carboxylic acids is 3.